The van der Waals surface area contributed by atoms with E-state index in [1.165, 1.54) is 18.2 Å². The number of carbonyl (C=O) groups is 1. The van der Waals surface area contributed by atoms with Crippen molar-refractivity contribution in [3.05, 3.63) is 29.6 Å². The zero-order chi connectivity index (χ0) is 10.8. The van der Waals surface area contributed by atoms with E-state index in [0.29, 0.717) is 17.9 Å². The van der Waals surface area contributed by atoms with Crippen molar-refractivity contribution in [2.75, 3.05) is 11.9 Å². The lowest BCUT2D eigenvalue weighted by molar-refractivity contribution is -0.110. The summed E-state index contributed by atoms with van der Waals surface area (Å²) in [5.74, 6) is -0.779. The normalized spacial score (nSPS) is 16.4. The van der Waals surface area contributed by atoms with Gasteiger partial charge in [-0.25, -0.2) is 4.39 Å². The molecule has 1 heterocycles. The summed E-state index contributed by atoms with van der Waals surface area (Å²) < 4.78 is 12.9. The Morgan fingerprint density at radius 3 is 3.07 bits per heavy atom. The van der Waals surface area contributed by atoms with E-state index < -0.39 is 5.82 Å². The Hall–Kier alpha value is -1.91. The van der Waals surface area contributed by atoms with Crippen LogP contribution in [0.25, 0.3) is 0 Å². The van der Waals surface area contributed by atoms with Crippen molar-refractivity contribution in [2.24, 2.45) is 5.16 Å². The van der Waals surface area contributed by atoms with Crippen LogP contribution in [0.4, 0.5) is 10.1 Å². The van der Waals surface area contributed by atoms with Crippen LogP contribution in [0.15, 0.2) is 23.4 Å². The van der Waals surface area contributed by atoms with Crippen LogP contribution < -0.4 is 5.32 Å². The summed E-state index contributed by atoms with van der Waals surface area (Å²) in [7, 11) is 0. The minimum absolute atomic E-state index is 0.117. The van der Waals surface area contributed by atoms with E-state index in [1.807, 2.05) is 0 Å². The van der Waals surface area contributed by atoms with Gasteiger partial charge >= 0.3 is 0 Å². The number of oxime groups is 1. The quantitative estimate of drug-likeness (QED) is 0.749. The molecule has 0 spiro atoms. The first-order valence-corrected chi connectivity index (χ1v) is 4.53. The van der Waals surface area contributed by atoms with Gasteiger partial charge in [-0.05, 0) is 25.1 Å². The van der Waals surface area contributed by atoms with Crippen molar-refractivity contribution in [1.82, 2.24) is 0 Å². The lowest BCUT2D eigenvalue weighted by Gasteiger charge is -1.97. The molecule has 0 saturated carbocycles. The highest BCUT2D eigenvalue weighted by Gasteiger charge is 2.27. The zero-order valence-electron chi connectivity index (χ0n) is 8.08. The fourth-order valence-corrected chi connectivity index (χ4v) is 1.34. The van der Waals surface area contributed by atoms with Gasteiger partial charge in [-0.15, -0.1) is 0 Å². The molecule has 0 saturated heterocycles. The number of hydrogen-bond acceptors (Lipinski definition) is 3. The number of rotatable bonds is 2. The van der Waals surface area contributed by atoms with Crippen molar-refractivity contribution in [3.63, 3.8) is 0 Å². The molecule has 4 nitrogen and oxygen atoms in total. The molecule has 0 atom stereocenters. The summed E-state index contributed by atoms with van der Waals surface area (Å²) in [6.07, 6.45) is 0. The second kappa shape index (κ2) is 3.68. The van der Waals surface area contributed by atoms with Gasteiger partial charge in [0.25, 0.3) is 5.91 Å². The van der Waals surface area contributed by atoms with Crippen LogP contribution in [0.3, 0.4) is 0 Å². The molecule has 15 heavy (non-hydrogen) atoms. The predicted octanol–water partition coefficient (Wildman–Crippen LogP) is 1.52. The average Bonchev–Trinajstić information content (AvgIpc) is 2.51. The first-order chi connectivity index (χ1) is 7.22. The lowest BCUT2D eigenvalue weighted by atomic mass is 10.1. The van der Waals surface area contributed by atoms with E-state index in [-0.39, 0.29) is 11.6 Å². The highest BCUT2D eigenvalue weighted by molar-refractivity contribution is 6.53. The molecule has 5 heteroatoms. The van der Waals surface area contributed by atoms with Gasteiger partial charge in [0.1, 0.15) is 12.4 Å². The Kier molecular flexibility index (Phi) is 2.37. The summed E-state index contributed by atoms with van der Waals surface area (Å²) in [6.45, 7) is 2.12. The summed E-state index contributed by atoms with van der Waals surface area (Å²) >= 11 is 0. The SMILES string of the molecule is CCO/N=C1/C(=O)Nc2ccc(F)cc21. The monoisotopic (exact) mass is 208 g/mol. The zero-order valence-corrected chi connectivity index (χ0v) is 8.08. The number of carbonyl (C=O) groups excluding carboxylic acids is 1. The minimum Gasteiger partial charge on any atom is -0.395 e. The summed E-state index contributed by atoms with van der Waals surface area (Å²) in [5.41, 5.74) is 1.11. The molecule has 1 amide bonds. The van der Waals surface area contributed by atoms with Crippen LogP contribution >= 0.6 is 0 Å². The van der Waals surface area contributed by atoms with Gasteiger partial charge in [0.05, 0.1) is 5.69 Å². The van der Waals surface area contributed by atoms with E-state index in [0.717, 1.165) is 0 Å². The van der Waals surface area contributed by atoms with Crippen LogP contribution in [-0.2, 0) is 9.63 Å². The number of nitrogens with one attached hydrogen (secondary N) is 1. The average molecular weight is 208 g/mol. The summed E-state index contributed by atoms with van der Waals surface area (Å²) in [4.78, 5) is 16.2. The Labute approximate surface area is 85.7 Å². The second-order valence-electron chi connectivity index (χ2n) is 3.00. The van der Waals surface area contributed by atoms with E-state index in [1.54, 1.807) is 6.92 Å². The van der Waals surface area contributed by atoms with Gasteiger partial charge in [-0.2, -0.15) is 0 Å². The molecule has 78 valence electrons. The molecule has 1 aliphatic heterocycles. The van der Waals surface area contributed by atoms with E-state index in [4.69, 9.17) is 4.84 Å². The first kappa shape index (κ1) is 9.64. The molecule has 1 N–H and O–H groups in total. The molecule has 0 unspecified atom stereocenters. The maximum absolute atomic E-state index is 12.9. The van der Waals surface area contributed by atoms with Gasteiger partial charge in [-0.1, -0.05) is 5.16 Å². The van der Waals surface area contributed by atoms with Crippen molar-refractivity contribution in [1.29, 1.82) is 0 Å². The van der Waals surface area contributed by atoms with Gasteiger partial charge < -0.3 is 10.2 Å². The smallest absolute Gasteiger partial charge is 0.278 e. The molecule has 0 radical (unpaired) electrons. The summed E-state index contributed by atoms with van der Waals surface area (Å²) in [6, 6.07) is 4.03. The maximum atomic E-state index is 12.9. The third-order valence-electron chi connectivity index (χ3n) is 1.98. The van der Waals surface area contributed by atoms with Crippen LogP contribution in [0.1, 0.15) is 12.5 Å². The molecule has 2 rings (SSSR count). The van der Waals surface area contributed by atoms with Gasteiger partial charge in [0.15, 0.2) is 5.71 Å². The lowest BCUT2D eigenvalue weighted by Crippen LogP contribution is -2.14. The Morgan fingerprint density at radius 1 is 1.53 bits per heavy atom. The van der Waals surface area contributed by atoms with E-state index in [2.05, 4.69) is 10.5 Å². The molecule has 0 aromatic heterocycles. The van der Waals surface area contributed by atoms with Crippen LogP contribution in [0, 0.1) is 5.82 Å². The van der Waals surface area contributed by atoms with E-state index >= 15 is 0 Å². The van der Waals surface area contributed by atoms with Crippen LogP contribution in [0.2, 0.25) is 0 Å². The van der Waals surface area contributed by atoms with E-state index in [9.17, 15) is 9.18 Å². The third-order valence-corrected chi connectivity index (χ3v) is 1.98. The Bertz CT molecular complexity index is 443. The summed E-state index contributed by atoms with van der Waals surface area (Å²) in [5, 5.41) is 6.21. The fourth-order valence-electron chi connectivity index (χ4n) is 1.34. The Morgan fingerprint density at radius 2 is 2.33 bits per heavy atom. The van der Waals surface area contributed by atoms with Gasteiger partial charge in [0.2, 0.25) is 0 Å². The maximum Gasteiger partial charge on any atom is 0.278 e. The van der Waals surface area contributed by atoms with Crippen molar-refractivity contribution in [3.8, 4) is 0 Å². The highest BCUT2D eigenvalue weighted by Crippen LogP contribution is 2.24. The number of halogens is 1. The van der Waals surface area contributed by atoms with Crippen molar-refractivity contribution < 1.29 is 14.0 Å². The second-order valence-corrected chi connectivity index (χ2v) is 3.00. The predicted molar refractivity (Wildman–Crippen MR) is 53.2 cm³/mol. The molecule has 0 bridgehead atoms. The molecule has 0 fully saturated rings. The van der Waals surface area contributed by atoms with Gasteiger partial charge in [-0.3, -0.25) is 4.79 Å². The standard InChI is InChI=1S/C10H9FN2O2/c1-2-15-13-9-7-5-6(11)3-4-8(7)12-10(9)14/h3-5H,2H2,1H3,(H,12,13,14). The molecule has 0 aliphatic carbocycles. The number of benzene rings is 1. The number of fused-ring (bicyclic) bond motifs is 1. The number of nitrogens with zero attached hydrogens (tertiary/aromatic N) is 1. The topological polar surface area (TPSA) is 50.7 Å². The van der Waals surface area contributed by atoms with Crippen LogP contribution in [0.5, 0.6) is 0 Å². The number of anilines is 1. The number of hydrogen-bond donors (Lipinski definition) is 1. The molecule has 1 aromatic carbocycles. The highest BCUT2D eigenvalue weighted by atomic mass is 19.1. The van der Waals surface area contributed by atoms with Crippen LogP contribution in [-0.4, -0.2) is 18.2 Å². The minimum atomic E-state index is -0.408. The van der Waals surface area contributed by atoms with Crippen molar-refractivity contribution >= 4 is 17.3 Å². The molecular formula is C10H9FN2O2. The number of amides is 1. The molecule has 1 aliphatic rings. The third kappa shape index (κ3) is 1.68. The largest absolute Gasteiger partial charge is 0.395 e. The van der Waals surface area contributed by atoms with Gasteiger partial charge in [0, 0.05) is 5.56 Å². The fraction of sp³-hybridized carbons (Fsp3) is 0.200. The Balaban J connectivity index is 2.44. The van der Waals surface area contributed by atoms with Crippen molar-refractivity contribution in [2.45, 2.75) is 6.92 Å². The first-order valence-electron chi connectivity index (χ1n) is 4.53. The molecule has 1 aromatic rings. The molecular weight excluding hydrogens is 199 g/mol.